The molecule has 0 saturated heterocycles. The Morgan fingerprint density at radius 3 is 2.60 bits per heavy atom. The van der Waals surface area contributed by atoms with E-state index in [1.807, 2.05) is 0 Å². The molecule has 0 radical (unpaired) electrons. The average Bonchev–Trinajstić information content (AvgIpc) is 1.86. The van der Waals surface area contributed by atoms with Gasteiger partial charge in [0.05, 0.1) is 0 Å². The molecule has 0 aromatic rings. The van der Waals surface area contributed by atoms with E-state index in [1.54, 1.807) is 6.92 Å². The van der Waals surface area contributed by atoms with Crippen LogP contribution in [-0.2, 0) is 9.09 Å². The van der Waals surface area contributed by atoms with Crippen LogP contribution in [-0.4, -0.2) is 17.4 Å². The molecular formula is C4H13N2O3P. The van der Waals surface area contributed by atoms with Crippen molar-refractivity contribution in [3.05, 3.63) is 0 Å². The van der Waals surface area contributed by atoms with Gasteiger partial charge in [-0.25, -0.2) is 0 Å². The van der Waals surface area contributed by atoms with Gasteiger partial charge in [0.25, 0.3) is 0 Å². The third-order valence-corrected chi connectivity index (χ3v) is 2.82. The molecule has 10 heavy (non-hydrogen) atoms. The molecular weight excluding hydrogens is 155 g/mol. The number of nitrogens with two attached hydrogens (primary N) is 2. The molecule has 0 saturated carbocycles. The molecule has 2 unspecified atom stereocenters. The summed E-state index contributed by atoms with van der Waals surface area (Å²) >= 11 is 0. The topological polar surface area (TPSA) is 98.6 Å². The van der Waals surface area contributed by atoms with Crippen LogP contribution in [0.25, 0.3) is 0 Å². The van der Waals surface area contributed by atoms with Crippen molar-refractivity contribution in [3.8, 4) is 0 Å². The van der Waals surface area contributed by atoms with E-state index in [2.05, 4.69) is 4.52 Å². The second-order valence-electron chi connectivity index (χ2n) is 1.84. The summed E-state index contributed by atoms with van der Waals surface area (Å²) in [4.78, 5) is 8.91. The predicted octanol–water partition coefficient (Wildman–Crippen LogP) is -0.201. The van der Waals surface area contributed by atoms with E-state index in [0.717, 1.165) is 0 Å². The van der Waals surface area contributed by atoms with Crippen LogP contribution in [0.5, 0.6) is 0 Å². The van der Waals surface area contributed by atoms with Crippen molar-refractivity contribution in [2.75, 3.05) is 6.73 Å². The van der Waals surface area contributed by atoms with Crippen molar-refractivity contribution in [2.24, 2.45) is 11.5 Å². The Kier molecular flexibility index (Phi) is 4.08. The van der Waals surface area contributed by atoms with Crippen LogP contribution in [0, 0.1) is 0 Å². The van der Waals surface area contributed by atoms with Crippen molar-refractivity contribution in [3.63, 3.8) is 0 Å². The maximum Gasteiger partial charge on any atom is 0.345 e. The molecule has 0 fully saturated rings. The molecule has 0 aromatic heterocycles. The normalized spacial score (nSPS) is 20.0. The number of hydrogen-bond donors (Lipinski definition) is 3. The second-order valence-corrected chi connectivity index (χ2v) is 3.89. The van der Waals surface area contributed by atoms with Crippen LogP contribution < -0.4 is 11.5 Å². The fourth-order valence-electron chi connectivity index (χ4n) is 0.433. The van der Waals surface area contributed by atoms with Gasteiger partial charge in [-0.3, -0.25) is 9.09 Å². The smallest absolute Gasteiger partial charge is 0.323 e. The monoisotopic (exact) mass is 168 g/mol. The minimum absolute atomic E-state index is 0.276. The molecule has 6 heteroatoms. The molecule has 0 aliphatic rings. The molecule has 5 nitrogen and oxygen atoms in total. The summed E-state index contributed by atoms with van der Waals surface area (Å²) in [5, 5.41) is 0. The molecule has 0 spiro atoms. The first-order valence-corrected chi connectivity index (χ1v) is 4.62. The average molecular weight is 168 g/mol. The summed E-state index contributed by atoms with van der Waals surface area (Å²) < 4.78 is 15.2. The Balaban J connectivity index is 3.97. The molecule has 0 bridgehead atoms. The number of hydrogen-bond acceptors (Lipinski definition) is 4. The summed E-state index contributed by atoms with van der Waals surface area (Å²) in [6, 6.07) is 0. The maximum atomic E-state index is 10.9. The molecule has 2 atom stereocenters. The zero-order valence-corrected chi connectivity index (χ0v) is 6.75. The van der Waals surface area contributed by atoms with Gasteiger partial charge in [-0.05, 0) is 6.42 Å². The van der Waals surface area contributed by atoms with E-state index in [9.17, 15) is 4.57 Å². The molecule has 0 aliphatic heterocycles. The highest BCUT2D eigenvalue weighted by molar-refractivity contribution is 7.53. The van der Waals surface area contributed by atoms with Gasteiger partial charge in [0.15, 0.2) is 0 Å². The lowest BCUT2D eigenvalue weighted by molar-refractivity contribution is 0.257. The van der Waals surface area contributed by atoms with E-state index >= 15 is 0 Å². The lowest BCUT2D eigenvalue weighted by Gasteiger charge is -2.15. The summed E-state index contributed by atoms with van der Waals surface area (Å²) in [6.07, 6.45) is 0.397. The third-order valence-electron chi connectivity index (χ3n) is 1.10. The van der Waals surface area contributed by atoms with Gasteiger partial charge in [0, 0.05) is 0 Å². The van der Waals surface area contributed by atoms with Gasteiger partial charge < -0.3 is 16.4 Å². The highest BCUT2D eigenvalue weighted by atomic mass is 31.2. The van der Waals surface area contributed by atoms with E-state index in [0.29, 0.717) is 6.42 Å². The first kappa shape index (κ1) is 10.1. The fraction of sp³-hybridized carbons (Fsp3) is 1.00. The van der Waals surface area contributed by atoms with Crippen molar-refractivity contribution < 1.29 is 14.0 Å². The van der Waals surface area contributed by atoms with Crippen molar-refractivity contribution >= 4 is 7.60 Å². The summed E-state index contributed by atoms with van der Waals surface area (Å²) in [5.74, 6) is -0.823. The highest BCUT2D eigenvalue weighted by Crippen LogP contribution is 2.45. The van der Waals surface area contributed by atoms with Crippen LogP contribution >= 0.6 is 7.60 Å². The number of rotatable bonds is 4. The Hall–Kier alpha value is 0.0700. The first-order valence-electron chi connectivity index (χ1n) is 2.97. The van der Waals surface area contributed by atoms with Gasteiger partial charge in [-0.15, -0.1) is 0 Å². The van der Waals surface area contributed by atoms with Crippen molar-refractivity contribution in [1.29, 1.82) is 0 Å². The highest BCUT2D eigenvalue weighted by Gasteiger charge is 2.26. The summed E-state index contributed by atoms with van der Waals surface area (Å²) in [5.41, 5.74) is 10.1. The Morgan fingerprint density at radius 1 is 1.80 bits per heavy atom. The third kappa shape index (κ3) is 2.77. The van der Waals surface area contributed by atoms with E-state index < -0.39 is 13.4 Å². The first-order chi connectivity index (χ1) is 4.54. The molecule has 5 N–H and O–H groups in total. The van der Waals surface area contributed by atoms with Crippen molar-refractivity contribution in [2.45, 2.75) is 19.1 Å². The van der Waals surface area contributed by atoms with Crippen LogP contribution in [0.15, 0.2) is 0 Å². The zero-order chi connectivity index (χ0) is 8.20. The van der Waals surface area contributed by atoms with E-state index in [-0.39, 0.29) is 6.73 Å². The lowest BCUT2D eigenvalue weighted by Crippen LogP contribution is -2.21. The van der Waals surface area contributed by atoms with Gasteiger partial charge in [-0.1, -0.05) is 6.92 Å². The summed E-state index contributed by atoms with van der Waals surface area (Å²) in [6.45, 7) is 1.43. The summed E-state index contributed by atoms with van der Waals surface area (Å²) in [7, 11) is -3.63. The molecule has 0 heterocycles. The van der Waals surface area contributed by atoms with Gasteiger partial charge in [-0.2, -0.15) is 0 Å². The quantitative estimate of drug-likeness (QED) is 0.398. The molecule has 0 aromatic carbocycles. The standard InChI is InChI=1S/C4H13N2O3P/c1-2-4(6)10(7,8)9-3-5/h4H,2-3,5-6H2,1H3,(H,7,8). The van der Waals surface area contributed by atoms with E-state index in [4.69, 9.17) is 16.4 Å². The van der Waals surface area contributed by atoms with E-state index in [1.165, 1.54) is 0 Å². The minimum atomic E-state index is -3.63. The second kappa shape index (κ2) is 4.05. The molecule has 0 rings (SSSR count). The van der Waals surface area contributed by atoms with Gasteiger partial charge >= 0.3 is 7.60 Å². The van der Waals surface area contributed by atoms with Crippen molar-refractivity contribution in [1.82, 2.24) is 0 Å². The molecule has 0 amide bonds. The molecule has 62 valence electrons. The van der Waals surface area contributed by atoms with Crippen LogP contribution in [0.2, 0.25) is 0 Å². The SMILES string of the molecule is CCC(N)P(=O)(O)OCN. The fourth-order valence-corrected chi connectivity index (χ4v) is 1.30. The maximum absolute atomic E-state index is 10.9. The lowest BCUT2D eigenvalue weighted by atomic mass is 10.5. The minimum Gasteiger partial charge on any atom is -0.323 e. The Bertz CT molecular complexity index is 140. The van der Waals surface area contributed by atoms with Crippen LogP contribution in [0.4, 0.5) is 0 Å². The molecule has 0 aliphatic carbocycles. The predicted molar refractivity (Wildman–Crippen MR) is 38.2 cm³/mol. The van der Waals surface area contributed by atoms with Gasteiger partial charge in [0.2, 0.25) is 0 Å². The van der Waals surface area contributed by atoms with Crippen LogP contribution in [0.3, 0.4) is 0 Å². The Labute approximate surface area is 59.9 Å². The Morgan fingerprint density at radius 2 is 2.30 bits per heavy atom. The van der Waals surface area contributed by atoms with Crippen LogP contribution in [0.1, 0.15) is 13.3 Å². The zero-order valence-electron chi connectivity index (χ0n) is 5.86. The van der Waals surface area contributed by atoms with Gasteiger partial charge in [0.1, 0.15) is 12.5 Å². The largest absolute Gasteiger partial charge is 0.345 e.